The van der Waals surface area contributed by atoms with Gasteiger partial charge in [-0.3, -0.25) is 0 Å². The average Bonchev–Trinajstić information content (AvgIpc) is 2.67. The highest BCUT2D eigenvalue weighted by Crippen LogP contribution is 2.21. The summed E-state index contributed by atoms with van der Waals surface area (Å²) in [5.74, 6) is 0.00920. The second-order valence-electron chi connectivity index (χ2n) is 3.15. The molecule has 1 aromatic carbocycles. The summed E-state index contributed by atoms with van der Waals surface area (Å²) >= 11 is 5.64. The Morgan fingerprint density at radius 3 is 3.00 bits per heavy atom. The molecule has 0 atom stereocenters. The highest BCUT2D eigenvalue weighted by molar-refractivity contribution is 6.31. The van der Waals surface area contributed by atoms with Crippen LogP contribution >= 0.6 is 11.6 Å². The molecule has 5 nitrogen and oxygen atoms in total. The molecule has 0 amide bonds. The van der Waals surface area contributed by atoms with Crippen LogP contribution in [0.1, 0.15) is 5.82 Å². The van der Waals surface area contributed by atoms with Gasteiger partial charge in [0.15, 0.2) is 11.6 Å². The van der Waals surface area contributed by atoms with Gasteiger partial charge in [0.2, 0.25) is 0 Å². The smallest absolute Gasteiger partial charge is 0.193 e. The van der Waals surface area contributed by atoms with Gasteiger partial charge in [-0.2, -0.15) is 4.80 Å². The van der Waals surface area contributed by atoms with E-state index in [1.165, 1.54) is 10.9 Å². The fraction of sp³-hybridized carbons (Fsp3) is 0.222. The summed E-state index contributed by atoms with van der Waals surface area (Å²) in [5, 5.41) is 14.3. The first kappa shape index (κ1) is 10.8. The maximum atomic E-state index is 13.5. The summed E-state index contributed by atoms with van der Waals surface area (Å²) in [5.41, 5.74) is 0.319. The number of tetrazole rings is 1. The van der Waals surface area contributed by atoms with E-state index in [-0.39, 0.29) is 5.02 Å². The van der Waals surface area contributed by atoms with E-state index in [9.17, 15) is 4.39 Å². The molecule has 0 aliphatic rings. The van der Waals surface area contributed by atoms with Crippen molar-refractivity contribution in [2.45, 2.75) is 6.54 Å². The van der Waals surface area contributed by atoms with Crippen LogP contribution in [0.15, 0.2) is 18.2 Å². The van der Waals surface area contributed by atoms with Crippen LogP contribution in [0.5, 0.6) is 0 Å². The molecule has 1 heterocycles. The van der Waals surface area contributed by atoms with Crippen molar-refractivity contribution >= 4 is 17.3 Å². The quantitative estimate of drug-likeness (QED) is 0.887. The van der Waals surface area contributed by atoms with Crippen LogP contribution in [0.2, 0.25) is 5.02 Å². The Balaban J connectivity index is 2.07. The molecule has 1 aromatic heterocycles. The Hall–Kier alpha value is -1.69. The van der Waals surface area contributed by atoms with Gasteiger partial charge in [0.05, 0.1) is 24.3 Å². The van der Waals surface area contributed by atoms with Crippen molar-refractivity contribution in [3.8, 4) is 0 Å². The zero-order valence-corrected chi connectivity index (χ0v) is 9.24. The number of nitrogens with zero attached hydrogens (tertiary/aromatic N) is 4. The second-order valence-corrected chi connectivity index (χ2v) is 3.56. The molecule has 7 heteroatoms. The zero-order chi connectivity index (χ0) is 11.5. The number of rotatable bonds is 3. The normalized spacial score (nSPS) is 10.4. The van der Waals surface area contributed by atoms with E-state index in [4.69, 9.17) is 11.6 Å². The fourth-order valence-corrected chi connectivity index (χ4v) is 1.38. The summed E-state index contributed by atoms with van der Waals surface area (Å²) in [6.07, 6.45) is 0. The zero-order valence-electron chi connectivity index (χ0n) is 8.48. The van der Waals surface area contributed by atoms with Gasteiger partial charge in [0, 0.05) is 0 Å². The van der Waals surface area contributed by atoms with E-state index in [2.05, 4.69) is 20.7 Å². The third-order valence-electron chi connectivity index (χ3n) is 1.94. The number of anilines is 1. The number of nitrogens with one attached hydrogen (secondary N) is 1. The Kier molecular flexibility index (Phi) is 3.00. The van der Waals surface area contributed by atoms with Gasteiger partial charge in [-0.05, 0) is 17.3 Å². The Labute approximate surface area is 96.2 Å². The van der Waals surface area contributed by atoms with E-state index in [0.29, 0.717) is 18.1 Å². The van der Waals surface area contributed by atoms with Gasteiger partial charge in [-0.15, -0.1) is 10.2 Å². The molecule has 0 radical (unpaired) electrons. The topological polar surface area (TPSA) is 55.6 Å². The van der Waals surface area contributed by atoms with Crippen LogP contribution in [-0.4, -0.2) is 20.2 Å². The summed E-state index contributed by atoms with van der Waals surface area (Å²) in [4.78, 5) is 1.34. The first-order valence-electron chi connectivity index (χ1n) is 4.57. The standard InChI is InChI=1S/C9H9ClFN5/c1-16-14-8(13-15-16)5-12-7-4-2-3-6(10)9(7)11/h2-4,12H,5H2,1H3. The van der Waals surface area contributed by atoms with Gasteiger partial charge in [-0.1, -0.05) is 17.7 Å². The van der Waals surface area contributed by atoms with Crippen LogP contribution in [0.3, 0.4) is 0 Å². The van der Waals surface area contributed by atoms with Gasteiger partial charge in [0.1, 0.15) is 0 Å². The highest BCUT2D eigenvalue weighted by Gasteiger charge is 2.06. The predicted molar refractivity (Wildman–Crippen MR) is 57.5 cm³/mol. The lowest BCUT2D eigenvalue weighted by Crippen LogP contribution is -2.04. The van der Waals surface area contributed by atoms with E-state index in [0.717, 1.165) is 0 Å². The van der Waals surface area contributed by atoms with E-state index in [1.54, 1.807) is 19.2 Å². The molecule has 16 heavy (non-hydrogen) atoms. The molecule has 84 valence electrons. The minimum absolute atomic E-state index is 0.0807. The summed E-state index contributed by atoms with van der Waals surface area (Å²) < 4.78 is 13.5. The van der Waals surface area contributed by atoms with Gasteiger partial charge >= 0.3 is 0 Å². The minimum atomic E-state index is -0.479. The van der Waals surface area contributed by atoms with Crippen molar-refractivity contribution in [1.29, 1.82) is 0 Å². The SMILES string of the molecule is Cn1nnc(CNc2cccc(Cl)c2F)n1. The summed E-state index contributed by atoms with van der Waals surface area (Å²) in [7, 11) is 1.66. The van der Waals surface area contributed by atoms with Gasteiger partial charge < -0.3 is 5.32 Å². The molecule has 0 aliphatic carbocycles. The minimum Gasteiger partial charge on any atom is -0.375 e. The van der Waals surface area contributed by atoms with Crippen molar-refractivity contribution in [3.63, 3.8) is 0 Å². The molecule has 0 aliphatic heterocycles. The molecule has 0 saturated carbocycles. The van der Waals surface area contributed by atoms with E-state index >= 15 is 0 Å². The molecule has 0 bridgehead atoms. The third-order valence-corrected chi connectivity index (χ3v) is 2.23. The van der Waals surface area contributed by atoms with Gasteiger partial charge in [0.25, 0.3) is 0 Å². The molecule has 0 fully saturated rings. The Bertz CT molecular complexity index is 498. The molecule has 1 N–H and O–H groups in total. The number of hydrogen-bond donors (Lipinski definition) is 1. The fourth-order valence-electron chi connectivity index (χ4n) is 1.21. The highest BCUT2D eigenvalue weighted by atomic mass is 35.5. The molecule has 2 rings (SSSR count). The summed E-state index contributed by atoms with van der Waals surface area (Å²) in [6, 6.07) is 4.75. The largest absolute Gasteiger partial charge is 0.375 e. The third kappa shape index (κ3) is 2.27. The number of benzene rings is 1. The maximum absolute atomic E-state index is 13.5. The van der Waals surface area contributed by atoms with Crippen LogP contribution in [0, 0.1) is 5.82 Å². The van der Waals surface area contributed by atoms with Crippen molar-refractivity contribution in [2.24, 2.45) is 7.05 Å². The molecular weight excluding hydrogens is 233 g/mol. The predicted octanol–water partition coefficient (Wildman–Crippen LogP) is 1.61. The Morgan fingerprint density at radius 1 is 1.50 bits per heavy atom. The number of hydrogen-bond acceptors (Lipinski definition) is 4. The van der Waals surface area contributed by atoms with Crippen molar-refractivity contribution < 1.29 is 4.39 Å². The first-order chi connectivity index (χ1) is 7.66. The first-order valence-corrected chi connectivity index (χ1v) is 4.95. The van der Waals surface area contributed by atoms with Crippen LogP contribution < -0.4 is 5.32 Å². The molecule has 0 saturated heterocycles. The molecule has 2 aromatic rings. The van der Waals surface area contributed by atoms with E-state index < -0.39 is 5.82 Å². The second kappa shape index (κ2) is 4.44. The maximum Gasteiger partial charge on any atom is 0.193 e. The average molecular weight is 242 g/mol. The van der Waals surface area contributed by atoms with Crippen molar-refractivity contribution in [1.82, 2.24) is 20.2 Å². The van der Waals surface area contributed by atoms with Crippen molar-refractivity contribution in [3.05, 3.63) is 34.9 Å². The lowest BCUT2D eigenvalue weighted by molar-refractivity contribution is 0.626. The Morgan fingerprint density at radius 2 is 2.31 bits per heavy atom. The van der Waals surface area contributed by atoms with Crippen molar-refractivity contribution in [2.75, 3.05) is 5.32 Å². The lowest BCUT2D eigenvalue weighted by Gasteiger charge is -2.05. The number of aromatic nitrogens is 4. The lowest BCUT2D eigenvalue weighted by atomic mass is 10.3. The number of halogens is 2. The van der Waals surface area contributed by atoms with E-state index in [1.807, 2.05) is 0 Å². The molecule has 0 spiro atoms. The van der Waals surface area contributed by atoms with Gasteiger partial charge in [-0.25, -0.2) is 4.39 Å². The summed E-state index contributed by atoms with van der Waals surface area (Å²) in [6.45, 7) is 0.297. The van der Waals surface area contributed by atoms with Crippen LogP contribution in [-0.2, 0) is 13.6 Å². The molecular formula is C9H9ClFN5. The monoisotopic (exact) mass is 241 g/mol. The van der Waals surface area contributed by atoms with Crippen LogP contribution in [0.25, 0.3) is 0 Å². The molecule has 0 unspecified atom stereocenters. The number of aryl methyl sites for hydroxylation is 1. The van der Waals surface area contributed by atoms with Crippen LogP contribution in [0.4, 0.5) is 10.1 Å².